The Bertz CT molecular complexity index is 1080. The molecule has 0 aromatic heterocycles. The first-order valence-electron chi connectivity index (χ1n) is 9.12. The fourth-order valence-electron chi connectivity index (χ4n) is 2.75. The monoisotopic (exact) mass is 449 g/mol. The van der Waals surface area contributed by atoms with E-state index >= 15 is 0 Å². The number of nitrogens with one attached hydrogen (secondary N) is 2. The standard InChI is InChI=1S/C21H24ClN3O4S/c1-13(10-11-30(3,28)29)24-21(27)15-8-9-19(17(12-15)20(23)26)25-14(2)16-6-4-5-7-18(16)22/h4-14,25H,1-3H3,(H2,23,26)(H,24,27)/b11-10+/t13-,14+/m1/s1. The molecule has 7 nitrogen and oxygen atoms in total. The maximum atomic E-state index is 12.5. The van der Waals surface area contributed by atoms with Crippen LogP contribution in [0.4, 0.5) is 5.69 Å². The van der Waals surface area contributed by atoms with Crippen LogP contribution in [0.25, 0.3) is 0 Å². The number of anilines is 1. The molecule has 160 valence electrons. The highest BCUT2D eigenvalue weighted by Crippen LogP contribution is 2.27. The number of carbonyl (C=O) groups excluding carboxylic acids is 2. The van der Waals surface area contributed by atoms with Crippen molar-refractivity contribution in [1.82, 2.24) is 5.32 Å². The van der Waals surface area contributed by atoms with Crippen LogP contribution in [0.15, 0.2) is 53.9 Å². The number of rotatable bonds is 8. The predicted octanol–water partition coefficient (Wildman–Crippen LogP) is 3.29. The molecule has 4 N–H and O–H groups in total. The van der Waals surface area contributed by atoms with Gasteiger partial charge in [0.1, 0.15) is 0 Å². The SMILES string of the molecule is C[C@H](/C=C/S(C)(=O)=O)NC(=O)c1ccc(N[C@@H](C)c2ccccc2Cl)c(C(N)=O)c1. The van der Waals surface area contributed by atoms with Crippen molar-refractivity contribution in [2.75, 3.05) is 11.6 Å². The smallest absolute Gasteiger partial charge is 0.251 e. The number of carbonyl (C=O) groups is 2. The van der Waals surface area contributed by atoms with Crippen molar-refractivity contribution >= 4 is 38.9 Å². The number of hydrogen-bond donors (Lipinski definition) is 3. The van der Waals surface area contributed by atoms with E-state index in [0.717, 1.165) is 17.2 Å². The third-order valence-electron chi connectivity index (χ3n) is 4.26. The molecule has 9 heteroatoms. The fourth-order valence-corrected chi connectivity index (χ4v) is 3.57. The molecule has 0 heterocycles. The molecule has 0 aliphatic heterocycles. The van der Waals surface area contributed by atoms with E-state index in [4.69, 9.17) is 17.3 Å². The second-order valence-electron chi connectivity index (χ2n) is 6.93. The average Bonchev–Trinajstić information content (AvgIpc) is 2.66. The molecule has 0 radical (unpaired) electrons. The molecule has 0 aliphatic carbocycles. The molecule has 0 saturated heterocycles. The van der Waals surface area contributed by atoms with Crippen LogP contribution in [0.1, 0.15) is 46.2 Å². The van der Waals surface area contributed by atoms with Crippen LogP contribution < -0.4 is 16.4 Å². The van der Waals surface area contributed by atoms with Gasteiger partial charge in [-0.15, -0.1) is 0 Å². The highest BCUT2D eigenvalue weighted by atomic mass is 35.5. The third kappa shape index (κ3) is 6.60. The van der Waals surface area contributed by atoms with Gasteiger partial charge >= 0.3 is 0 Å². The lowest BCUT2D eigenvalue weighted by Crippen LogP contribution is -2.31. The number of amides is 2. The summed E-state index contributed by atoms with van der Waals surface area (Å²) in [5, 5.41) is 7.46. The Morgan fingerprint density at radius 2 is 1.80 bits per heavy atom. The van der Waals surface area contributed by atoms with E-state index in [1.807, 2.05) is 25.1 Å². The Kier molecular flexibility index (Phi) is 7.64. The van der Waals surface area contributed by atoms with Gasteiger partial charge in [-0.3, -0.25) is 9.59 Å². The van der Waals surface area contributed by atoms with Crippen molar-refractivity contribution in [2.45, 2.75) is 25.9 Å². The fraction of sp³-hybridized carbons (Fsp3) is 0.238. The summed E-state index contributed by atoms with van der Waals surface area (Å²) in [4.78, 5) is 24.4. The van der Waals surface area contributed by atoms with E-state index in [9.17, 15) is 18.0 Å². The third-order valence-corrected chi connectivity index (χ3v) is 5.26. The van der Waals surface area contributed by atoms with Gasteiger partial charge in [-0.2, -0.15) is 0 Å². The summed E-state index contributed by atoms with van der Waals surface area (Å²) in [5.74, 6) is -1.16. The normalized spacial score (nSPS) is 13.6. The molecule has 2 aromatic carbocycles. The number of primary amides is 1. The molecule has 0 saturated carbocycles. The average molecular weight is 450 g/mol. The first-order chi connectivity index (χ1) is 14.0. The van der Waals surface area contributed by atoms with Crippen molar-refractivity contribution in [2.24, 2.45) is 5.73 Å². The highest BCUT2D eigenvalue weighted by Gasteiger charge is 2.17. The molecule has 2 aromatic rings. The summed E-state index contributed by atoms with van der Waals surface area (Å²) in [7, 11) is -3.29. The first kappa shape index (κ1) is 23.4. The van der Waals surface area contributed by atoms with Gasteiger partial charge in [-0.1, -0.05) is 35.9 Å². The molecule has 0 fully saturated rings. The summed E-state index contributed by atoms with van der Waals surface area (Å²) >= 11 is 6.23. The van der Waals surface area contributed by atoms with Gasteiger partial charge in [0.15, 0.2) is 9.84 Å². The van der Waals surface area contributed by atoms with Crippen molar-refractivity contribution in [3.63, 3.8) is 0 Å². The van der Waals surface area contributed by atoms with Crippen LogP contribution in [0.3, 0.4) is 0 Å². The maximum absolute atomic E-state index is 12.5. The zero-order valence-corrected chi connectivity index (χ0v) is 18.4. The molecule has 0 bridgehead atoms. The van der Waals surface area contributed by atoms with E-state index in [-0.39, 0.29) is 17.2 Å². The zero-order valence-electron chi connectivity index (χ0n) is 16.8. The summed E-state index contributed by atoms with van der Waals surface area (Å²) < 4.78 is 22.4. The molecular formula is C21H24ClN3O4S. The van der Waals surface area contributed by atoms with Gasteiger partial charge in [-0.05, 0) is 43.7 Å². The van der Waals surface area contributed by atoms with E-state index in [1.165, 1.54) is 12.1 Å². The predicted molar refractivity (Wildman–Crippen MR) is 119 cm³/mol. The molecule has 2 amide bonds. The van der Waals surface area contributed by atoms with Gasteiger partial charge in [0.05, 0.1) is 11.6 Å². The summed E-state index contributed by atoms with van der Waals surface area (Å²) in [5.41, 5.74) is 7.20. The molecule has 30 heavy (non-hydrogen) atoms. The minimum absolute atomic E-state index is 0.154. The van der Waals surface area contributed by atoms with E-state index < -0.39 is 27.7 Å². The number of nitrogens with two attached hydrogens (primary N) is 1. The second-order valence-corrected chi connectivity index (χ2v) is 9.27. The maximum Gasteiger partial charge on any atom is 0.251 e. The van der Waals surface area contributed by atoms with Crippen LogP contribution in [-0.4, -0.2) is 32.5 Å². The van der Waals surface area contributed by atoms with Crippen molar-refractivity contribution < 1.29 is 18.0 Å². The Hall–Kier alpha value is -2.84. The van der Waals surface area contributed by atoms with Crippen molar-refractivity contribution in [3.8, 4) is 0 Å². The Morgan fingerprint density at radius 1 is 1.13 bits per heavy atom. The van der Waals surface area contributed by atoms with Crippen molar-refractivity contribution in [3.05, 3.63) is 75.7 Å². The van der Waals surface area contributed by atoms with E-state index in [1.54, 1.807) is 25.1 Å². The van der Waals surface area contributed by atoms with Gasteiger partial charge in [0.2, 0.25) is 0 Å². The van der Waals surface area contributed by atoms with Gasteiger partial charge in [0.25, 0.3) is 11.8 Å². The number of hydrogen-bond acceptors (Lipinski definition) is 5. The highest BCUT2D eigenvalue weighted by molar-refractivity contribution is 7.93. The zero-order chi connectivity index (χ0) is 22.5. The summed E-state index contributed by atoms with van der Waals surface area (Å²) in [6.45, 7) is 3.53. The van der Waals surface area contributed by atoms with Crippen molar-refractivity contribution in [1.29, 1.82) is 0 Å². The largest absolute Gasteiger partial charge is 0.378 e. The minimum atomic E-state index is -3.29. The van der Waals surface area contributed by atoms with Crippen LogP contribution in [0.2, 0.25) is 5.02 Å². The summed E-state index contributed by atoms with van der Waals surface area (Å²) in [6, 6.07) is 11.1. The lowest BCUT2D eigenvalue weighted by Gasteiger charge is -2.19. The van der Waals surface area contributed by atoms with Crippen LogP contribution in [0, 0.1) is 0 Å². The molecule has 0 spiro atoms. The summed E-state index contributed by atoms with van der Waals surface area (Å²) in [6.07, 6.45) is 2.43. The van der Waals surface area contributed by atoms with Gasteiger partial charge < -0.3 is 16.4 Å². The molecule has 2 rings (SSSR count). The molecule has 0 aliphatic rings. The molecular weight excluding hydrogens is 426 g/mol. The topological polar surface area (TPSA) is 118 Å². The Labute approximate surface area is 181 Å². The molecule has 2 atom stereocenters. The number of sulfone groups is 1. The van der Waals surface area contributed by atoms with Gasteiger partial charge in [0, 0.05) is 34.0 Å². The van der Waals surface area contributed by atoms with Crippen LogP contribution in [0.5, 0.6) is 0 Å². The quantitative estimate of drug-likeness (QED) is 0.571. The lowest BCUT2D eigenvalue weighted by atomic mass is 10.0. The Morgan fingerprint density at radius 3 is 2.40 bits per heavy atom. The first-order valence-corrected chi connectivity index (χ1v) is 11.4. The number of benzene rings is 2. The van der Waals surface area contributed by atoms with Crippen LogP contribution in [-0.2, 0) is 9.84 Å². The Balaban J connectivity index is 2.22. The van der Waals surface area contributed by atoms with Crippen LogP contribution >= 0.6 is 11.6 Å². The number of halogens is 1. The minimum Gasteiger partial charge on any atom is -0.378 e. The van der Waals surface area contributed by atoms with Gasteiger partial charge in [-0.25, -0.2) is 8.42 Å². The second kappa shape index (κ2) is 9.77. The van der Waals surface area contributed by atoms with E-state index in [0.29, 0.717) is 10.7 Å². The van der Waals surface area contributed by atoms with E-state index in [2.05, 4.69) is 10.6 Å². The lowest BCUT2D eigenvalue weighted by molar-refractivity contribution is 0.0947. The molecule has 0 unspecified atom stereocenters.